The lowest BCUT2D eigenvalue weighted by Gasteiger charge is -2.19. The molecule has 1 saturated heterocycles. The molecule has 4 heterocycles. The highest BCUT2D eigenvalue weighted by molar-refractivity contribution is 7.17. The lowest BCUT2D eigenvalue weighted by molar-refractivity contribution is 0.102. The summed E-state index contributed by atoms with van der Waals surface area (Å²) in [6, 6.07) is 5.61. The minimum Gasteiger partial charge on any atom is -0.317 e. The first kappa shape index (κ1) is 19.4. The molecule has 3 aromatic heterocycles. The van der Waals surface area contributed by atoms with Gasteiger partial charge in [-0.25, -0.2) is 9.67 Å². The first-order valence-electron chi connectivity index (χ1n) is 8.51. The molecule has 0 aromatic carbocycles. The number of anilines is 1. The Morgan fingerprint density at radius 1 is 1.30 bits per heavy atom. The van der Waals surface area contributed by atoms with E-state index in [2.05, 4.69) is 30.7 Å². The number of nitrogens with zero attached hydrogens (tertiary/aromatic N) is 5. The Kier molecular flexibility index (Phi) is 6.15. The summed E-state index contributed by atoms with van der Waals surface area (Å²) in [6.45, 7) is 1.95. The van der Waals surface area contributed by atoms with Gasteiger partial charge < -0.3 is 5.32 Å². The van der Waals surface area contributed by atoms with E-state index >= 15 is 0 Å². The molecule has 0 spiro atoms. The molecule has 10 heteroatoms. The number of rotatable bonds is 4. The molecule has 0 atom stereocenters. The van der Waals surface area contributed by atoms with Crippen molar-refractivity contribution in [2.75, 3.05) is 18.4 Å². The Morgan fingerprint density at radius 2 is 2.11 bits per heavy atom. The van der Waals surface area contributed by atoms with E-state index in [1.165, 1.54) is 11.3 Å². The molecule has 4 rings (SSSR count). The van der Waals surface area contributed by atoms with Gasteiger partial charge in [0.25, 0.3) is 5.91 Å². The number of pyridine rings is 1. The Labute approximate surface area is 166 Å². The topological polar surface area (TPSA) is 97.6 Å². The van der Waals surface area contributed by atoms with E-state index < -0.39 is 0 Å². The van der Waals surface area contributed by atoms with Crippen LogP contribution in [0.25, 0.3) is 10.7 Å². The predicted octanol–water partition coefficient (Wildman–Crippen LogP) is 2.47. The molecule has 0 unspecified atom stereocenters. The van der Waals surface area contributed by atoms with Gasteiger partial charge in [-0.2, -0.15) is 10.1 Å². The second-order valence-electron chi connectivity index (χ2n) is 6.14. The molecule has 0 aliphatic carbocycles. The molecule has 1 fully saturated rings. The van der Waals surface area contributed by atoms with Crippen molar-refractivity contribution in [3.8, 4) is 10.7 Å². The second kappa shape index (κ2) is 8.55. The van der Waals surface area contributed by atoms with Crippen molar-refractivity contribution in [2.24, 2.45) is 7.05 Å². The minimum atomic E-state index is -0.239. The average Bonchev–Trinajstić information content (AvgIpc) is 3.31. The molecule has 1 aliphatic rings. The maximum atomic E-state index is 12.5. The number of halogens is 1. The van der Waals surface area contributed by atoms with Gasteiger partial charge in [0, 0.05) is 19.2 Å². The van der Waals surface area contributed by atoms with Crippen LogP contribution in [0.15, 0.2) is 30.6 Å². The fourth-order valence-electron chi connectivity index (χ4n) is 2.92. The van der Waals surface area contributed by atoms with Crippen LogP contribution in [0.5, 0.6) is 0 Å². The number of hydrogen-bond donors (Lipinski definition) is 2. The van der Waals surface area contributed by atoms with Crippen molar-refractivity contribution in [3.05, 3.63) is 41.3 Å². The highest BCUT2D eigenvalue weighted by Gasteiger charge is 2.22. The van der Waals surface area contributed by atoms with Gasteiger partial charge in [-0.05, 0) is 38.1 Å². The molecule has 1 amide bonds. The van der Waals surface area contributed by atoms with Gasteiger partial charge in [-0.1, -0.05) is 6.07 Å². The zero-order valence-electron chi connectivity index (χ0n) is 14.8. The first-order chi connectivity index (χ1) is 12.7. The Bertz CT molecular complexity index is 905. The van der Waals surface area contributed by atoms with Crippen molar-refractivity contribution in [1.29, 1.82) is 0 Å². The lowest BCUT2D eigenvalue weighted by Crippen LogP contribution is -2.27. The summed E-state index contributed by atoms with van der Waals surface area (Å²) in [7, 11) is 1.79. The highest BCUT2D eigenvalue weighted by Crippen LogP contribution is 2.25. The van der Waals surface area contributed by atoms with Gasteiger partial charge in [0.15, 0.2) is 5.82 Å². The molecule has 142 valence electrons. The van der Waals surface area contributed by atoms with Crippen LogP contribution in [0.2, 0.25) is 0 Å². The van der Waals surface area contributed by atoms with Crippen molar-refractivity contribution < 1.29 is 4.79 Å². The molecule has 1 aliphatic heterocycles. The zero-order valence-corrected chi connectivity index (χ0v) is 16.4. The standard InChI is InChI=1S/C17H19N7OS.ClH/c1-24-17(21-14(23-24)11-5-8-18-9-6-11)22-15(25)13-10-20-16(26-13)12-4-2-3-7-19-12;/h2-4,7,10-11,18H,5-6,8-9H2,1H3,(H,21,22,23,25);1H. The summed E-state index contributed by atoms with van der Waals surface area (Å²) in [5.74, 6) is 1.35. The van der Waals surface area contributed by atoms with Gasteiger partial charge in [-0.15, -0.1) is 23.7 Å². The molecular weight excluding hydrogens is 386 g/mol. The number of hydrogen-bond acceptors (Lipinski definition) is 7. The van der Waals surface area contributed by atoms with Crippen LogP contribution in [-0.4, -0.2) is 43.7 Å². The van der Waals surface area contributed by atoms with Crippen LogP contribution >= 0.6 is 23.7 Å². The molecule has 0 radical (unpaired) electrons. The van der Waals surface area contributed by atoms with Gasteiger partial charge >= 0.3 is 0 Å². The molecule has 2 N–H and O–H groups in total. The summed E-state index contributed by atoms with van der Waals surface area (Å²) < 4.78 is 1.62. The third-order valence-corrected chi connectivity index (χ3v) is 5.34. The number of piperidine rings is 1. The number of nitrogens with one attached hydrogen (secondary N) is 2. The quantitative estimate of drug-likeness (QED) is 0.692. The van der Waals surface area contributed by atoms with Gasteiger partial charge in [0.1, 0.15) is 9.88 Å². The van der Waals surface area contributed by atoms with Crippen molar-refractivity contribution in [2.45, 2.75) is 18.8 Å². The molecule has 0 bridgehead atoms. The number of carbonyl (C=O) groups is 1. The van der Waals surface area contributed by atoms with E-state index in [0.717, 1.165) is 37.4 Å². The maximum Gasteiger partial charge on any atom is 0.269 e. The van der Waals surface area contributed by atoms with E-state index in [-0.39, 0.29) is 18.3 Å². The Morgan fingerprint density at radius 3 is 2.85 bits per heavy atom. The zero-order chi connectivity index (χ0) is 17.9. The maximum absolute atomic E-state index is 12.5. The monoisotopic (exact) mass is 405 g/mol. The summed E-state index contributed by atoms with van der Waals surface area (Å²) in [6.07, 6.45) is 5.30. The smallest absolute Gasteiger partial charge is 0.269 e. The summed E-state index contributed by atoms with van der Waals surface area (Å²) in [5, 5.41) is 11.4. The van der Waals surface area contributed by atoms with Crippen LogP contribution < -0.4 is 10.6 Å². The van der Waals surface area contributed by atoms with E-state index in [1.807, 2.05) is 18.2 Å². The first-order valence-corrected chi connectivity index (χ1v) is 9.32. The molecule has 3 aromatic rings. The van der Waals surface area contributed by atoms with Crippen LogP contribution in [-0.2, 0) is 7.05 Å². The van der Waals surface area contributed by atoms with Crippen molar-refractivity contribution in [1.82, 2.24) is 30.0 Å². The van der Waals surface area contributed by atoms with Gasteiger partial charge in [0.05, 0.1) is 11.9 Å². The van der Waals surface area contributed by atoms with Gasteiger partial charge in [0.2, 0.25) is 5.95 Å². The number of aryl methyl sites for hydroxylation is 1. The number of amides is 1. The number of aromatic nitrogens is 5. The SMILES string of the molecule is Cl.Cn1nc(C2CCNCC2)nc1NC(=O)c1cnc(-c2ccccn2)s1. The Balaban J connectivity index is 0.00000210. The van der Waals surface area contributed by atoms with Crippen LogP contribution in [0.3, 0.4) is 0 Å². The largest absolute Gasteiger partial charge is 0.317 e. The highest BCUT2D eigenvalue weighted by atomic mass is 35.5. The molecule has 0 saturated carbocycles. The summed E-state index contributed by atoms with van der Waals surface area (Å²) in [5.41, 5.74) is 0.753. The van der Waals surface area contributed by atoms with Crippen LogP contribution in [0, 0.1) is 0 Å². The summed E-state index contributed by atoms with van der Waals surface area (Å²) >= 11 is 1.30. The predicted molar refractivity (Wildman–Crippen MR) is 106 cm³/mol. The van der Waals surface area contributed by atoms with Crippen LogP contribution in [0.4, 0.5) is 5.95 Å². The van der Waals surface area contributed by atoms with E-state index in [4.69, 9.17) is 0 Å². The normalized spacial score (nSPS) is 14.6. The fraction of sp³-hybridized carbons (Fsp3) is 0.353. The number of carbonyl (C=O) groups excluding carboxylic acids is 1. The van der Waals surface area contributed by atoms with E-state index in [0.29, 0.717) is 21.8 Å². The number of thiazole rings is 1. The fourth-order valence-corrected chi connectivity index (χ4v) is 3.70. The van der Waals surface area contributed by atoms with Gasteiger partial charge in [-0.3, -0.25) is 15.1 Å². The molecular formula is C17H20ClN7OS. The average molecular weight is 406 g/mol. The van der Waals surface area contributed by atoms with Crippen LogP contribution in [0.1, 0.15) is 34.3 Å². The molecule has 27 heavy (non-hydrogen) atoms. The third-order valence-electron chi connectivity index (χ3n) is 4.32. The second-order valence-corrected chi connectivity index (χ2v) is 7.17. The molecule has 8 nitrogen and oxygen atoms in total. The third kappa shape index (κ3) is 4.32. The summed E-state index contributed by atoms with van der Waals surface area (Å²) in [4.78, 5) is 26.1. The lowest BCUT2D eigenvalue weighted by atomic mass is 9.98. The van der Waals surface area contributed by atoms with Crippen molar-refractivity contribution >= 4 is 35.6 Å². The van der Waals surface area contributed by atoms with E-state index in [9.17, 15) is 4.79 Å². The van der Waals surface area contributed by atoms with Crippen molar-refractivity contribution in [3.63, 3.8) is 0 Å². The minimum absolute atomic E-state index is 0. The Hall–Kier alpha value is -2.36. The van der Waals surface area contributed by atoms with E-state index in [1.54, 1.807) is 24.1 Å².